The van der Waals surface area contributed by atoms with Crippen LogP contribution in [-0.2, 0) is 16.0 Å². The fraction of sp³-hybridized carbons (Fsp3) is 0.316. The molecule has 1 aliphatic rings. The third-order valence-electron chi connectivity index (χ3n) is 4.29. The molecular weight excluding hydrogens is 295 g/mol. The van der Waals surface area contributed by atoms with Crippen LogP contribution in [0.15, 0.2) is 48.5 Å². The fourth-order valence-electron chi connectivity index (χ4n) is 3.13. The van der Waals surface area contributed by atoms with Crippen LogP contribution in [0.2, 0.25) is 0 Å². The summed E-state index contributed by atoms with van der Waals surface area (Å²) in [6.07, 6.45) is -0.0907. The maximum Gasteiger partial charge on any atom is 0.313 e. The minimum Gasteiger partial charge on any atom is -0.465 e. The van der Waals surface area contributed by atoms with Crippen molar-refractivity contribution in [3.8, 4) is 0 Å². The molecule has 1 fully saturated rings. The molecule has 0 saturated carbocycles. The average molecular weight is 314 g/mol. The summed E-state index contributed by atoms with van der Waals surface area (Å²) in [7, 11) is 0. The number of halogens is 1. The quantitative estimate of drug-likeness (QED) is 0.880. The van der Waals surface area contributed by atoms with Gasteiger partial charge in [-0.3, -0.25) is 4.79 Å². The number of aliphatic hydroxyl groups excluding tert-OH is 1. The van der Waals surface area contributed by atoms with Gasteiger partial charge in [0.1, 0.15) is 5.82 Å². The molecule has 0 bridgehead atoms. The summed E-state index contributed by atoms with van der Waals surface area (Å²) in [6.45, 7) is 1.91. The van der Waals surface area contributed by atoms with Crippen LogP contribution < -0.4 is 0 Å². The number of carbonyl (C=O) groups is 1. The summed E-state index contributed by atoms with van der Waals surface area (Å²) in [5.41, 5.74) is 2.16. The highest BCUT2D eigenvalue weighted by atomic mass is 19.1. The standard InChI is InChI=1S/C19H19FO3/c1-12(21)14-8-15(10-17(20)9-14)18-16(11-23-19(18)22)7-13-5-3-2-4-6-13/h2-6,8-10,12,16,18,21H,7,11H2,1H3/t12?,16-,18?/m1/s1. The lowest BCUT2D eigenvalue weighted by Gasteiger charge is -2.17. The van der Waals surface area contributed by atoms with Crippen LogP contribution in [0, 0.1) is 11.7 Å². The largest absolute Gasteiger partial charge is 0.465 e. The number of cyclic esters (lactones) is 1. The normalized spacial score (nSPS) is 22.0. The van der Waals surface area contributed by atoms with E-state index in [1.807, 2.05) is 30.3 Å². The van der Waals surface area contributed by atoms with Gasteiger partial charge in [0.15, 0.2) is 0 Å². The van der Waals surface area contributed by atoms with Crippen LogP contribution in [-0.4, -0.2) is 17.7 Å². The van der Waals surface area contributed by atoms with Crippen molar-refractivity contribution in [2.45, 2.75) is 25.4 Å². The van der Waals surface area contributed by atoms with Crippen molar-refractivity contribution < 1.29 is 19.0 Å². The average Bonchev–Trinajstić information content (AvgIpc) is 2.88. The first-order valence-corrected chi connectivity index (χ1v) is 7.73. The predicted molar refractivity (Wildman–Crippen MR) is 84.4 cm³/mol. The van der Waals surface area contributed by atoms with E-state index in [4.69, 9.17) is 4.74 Å². The molecule has 0 amide bonds. The Morgan fingerprint density at radius 2 is 2.00 bits per heavy atom. The summed E-state index contributed by atoms with van der Waals surface area (Å²) in [5, 5.41) is 9.70. The van der Waals surface area contributed by atoms with Gasteiger partial charge < -0.3 is 9.84 Å². The van der Waals surface area contributed by atoms with Crippen molar-refractivity contribution in [3.63, 3.8) is 0 Å². The van der Waals surface area contributed by atoms with E-state index in [1.165, 1.54) is 12.1 Å². The molecule has 3 rings (SSSR count). The first kappa shape index (κ1) is 15.7. The van der Waals surface area contributed by atoms with Crippen molar-refractivity contribution in [1.29, 1.82) is 0 Å². The Morgan fingerprint density at radius 1 is 1.26 bits per heavy atom. The molecule has 3 nitrogen and oxygen atoms in total. The lowest BCUT2D eigenvalue weighted by molar-refractivity contribution is -0.139. The second kappa shape index (κ2) is 6.50. The Morgan fingerprint density at radius 3 is 2.70 bits per heavy atom. The second-order valence-corrected chi connectivity index (χ2v) is 6.05. The van der Waals surface area contributed by atoms with Crippen LogP contribution in [0.3, 0.4) is 0 Å². The molecule has 1 N–H and O–H groups in total. The van der Waals surface area contributed by atoms with Gasteiger partial charge in [-0.2, -0.15) is 0 Å². The van der Waals surface area contributed by atoms with Gasteiger partial charge >= 0.3 is 5.97 Å². The van der Waals surface area contributed by atoms with Crippen LogP contribution >= 0.6 is 0 Å². The van der Waals surface area contributed by atoms with Gasteiger partial charge in [0.05, 0.1) is 18.6 Å². The molecule has 2 unspecified atom stereocenters. The molecule has 3 atom stereocenters. The van der Waals surface area contributed by atoms with Crippen LogP contribution in [0.4, 0.5) is 4.39 Å². The van der Waals surface area contributed by atoms with Crippen molar-refractivity contribution in [1.82, 2.24) is 0 Å². The van der Waals surface area contributed by atoms with Gasteiger partial charge in [-0.15, -0.1) is 0 Å². The molecule has 0 aromatic heterocycles. The number of hydrogen-bond acceptors (Lipinski definition) is 3. The molecule has 0 aliphatic carbocycles. The van der Waals surface area contributed by atoms with E-state index in [2.05, 4.69) is 0 Å². The maximum atomic E-state index is 13.9. The van der Waals surface area contributed by atoms with Gasteiger partial charge in [0, 0.05) is 5.92 Å². The van der Waals surface area contributed by atoms with Crippen LogP contribution in [0.1, 0.15) is 35.6 Å². The van der Waals surface area contributed by atoms with Gasteiger partial charge in [-0.05, 0) is 42.2 Å². The molecule has 23 heavy (non-hydrogen) atoms. The van der Waals surface area contributed by atoms with E-state index in [-0.39, 0.29) is 11.9 Å². The number of ether oxygens (including phenoxy) is 1. The lowest BCUT2D eigenvalue weighted by Crippen LogP contribution is -2.17. The molecular formula is C19H19FO3. The fourth-order valence-corrected chi connectivity index (χ4v) is 3.13. The summed E-state index contributed by atoms with van der Waals surface area (Å²) in [6, 6.07) is 14.2. The molecule has 1 aliphatic heterocycles. The number of esters is 1. The highest BCUT2D eigenvalue weighted by Crippen LogP contribution is 2.35. The van der Waals surface area contributed by atoms with E-state index in [0.29, 0.717) is 24.2 Å². The Hall–Kier alpha value is -2.20. The van der Waals surface area contributed by atoms with Crippen LogP contribution in [0.5, 0.6) is 0 Å². The smallest absolute Gasteiger partial charge is 0.313 e. The predicted octanol–water partition coefficient (Wildman–Crippen LogP) is 3.38. The molecule has 1 heterocycles. The zero-order valence-corrected chi connectivity index (χ0v) is 12.9. The molecule has 0 spiro atoms. The molecule has 120 valence electrons. The SMILES string of the molecule is CC(O)c1cc(F)cc(C2C(=O)OC[C@H]2Cc2ccccc2)c1. The van der Waals surface area contributed by atoms with Gasteiger partial charge in [0.2, 0.25) is 0 Å². The summed E-state index contributed by atoms with van der Waals surface area (Å²) in [4.78, 5) is 12.2. The zero-order valence-electron chi connectivity index (χ0n) is 12.9. The Balaban J connectivity index is 1.91. The number of rotatable bonds is 4. The van der Waals surface area contributed by atoms with E-state index >= 15 is 0 Å². The second-order valence-electron chi connectivity index (χ2n) is 6.05. The monoisotopic (exact) mass is 314 g/mol. The highest BCUT2D eigenvalue weighted by Gasteiger charge is 2.38. The highest BCUT2D eigenvalue weighted by molar-refractivity contribution is 5.80. The summed E-state index contributed by atoms with van der Waals surface area (Å²) >= 11 is 0. The molecule has 2 aromatic rings. The first-order valence-electron chi connectivity index (χ1n) is 7.73. The molecule has 1 saturated heterocycles. The first-order chi connectivity index (χ1) is 11.0. The van der Waals surface area contributed by atoms with Crippen molar-refractivity contribution in [2.75, 3.05) is 6.61 Å². The van der Waals surface area contributed by atoms with E-state index < -0.39 is 17.8 Å². The maximum absolute atomic E-state index is 13.9. The van der Waals surface area contributed by atoms with Crippen molar-refractivity contribution in [3.05, 3.63) is 71.0 Å². The van der Waals surface area contributed by atoms with Gasteiger partial charge in [-0.25, -0.2) is 4.39 Å². The Bertz CT molecular complexity index is 697. The zero-order chi connectivity index (χ0) is 16.4. The van der Waals surface area contributed by atoms with Crippen LogP contribution in [0.25, 0.3) is 0 Å². The third-order valence-corrected chi connectivity index (χ3v) is 4.29. The van der Waals surface area contributed by atoms with Crippen molar-refractivity contribution in [2.24, 2.45) is 5.92 Å². The minimum absolute atomic E-state index is 0.0338. The topological polar surface area (TPSA) is 46.5 Å². The minimum atomic E-state index is -0.783. The number of benzene rings is 2. The number of carbonyl (C=O) groups excluding carboxylic acids is 1. The lowest BCUT2D eigenvalue weighted by atomic mass is 9.83. The molecule has 0 radical (unpaired) electrons. The van der Waals surface area contributed by atoms with E-state index in [9.17, 15) is 14.3 Å². The number of aliphatic hydroxyl groups is 1. The molecule has 4 heteroatoms. The van der Waals surface area contributed by atoms with E-state index in [0.717, 1.165) is 5.56 Å². The Labute approximate surface area is 134 Å². The Kier molecular flexibility index (Phi) is 4.44. The third kappa shape index (κ3) is 3.42. The van der Waals surface area contributed by atoms with Gasteiger partial charge in [-0.1, -0.05) is 36.4 Å². The summed E-state index contributed by atoms with van der Waals surface area (Å²) in [5.74, 6) is -1.30. The van der Waals surface area contributed by atoms with Gasteiger partial charge in [0.25, 0.3) is 0 Å². The van der Waals surface area contributed by atoms with Crippen molar-refractivity contribution >= 4 is 5.97 Å². The van der Waals surface area contributed by atoms with E-state index in [1.54, 1.807) is 13.0 Å². The number of hydrogen-bond donors (Lipinski definition) is 1. The molecule has 2 aromatic carbocycles. The summed E-state index contributed by atoms with van der Waals surface area (Å²) < 4.78 is 19.1.